The number of alkyl carbamates (subject to hydrolysis) is 1. The molecule has 2 heterocycles. The van der Waals surface area contributed by atoms with Gasteiger partial charge in [-0.1, -0.05) is 128 Å². The van der Waals surface area contributed by atoms with Gasteiger partial charge in [0.05, 0.1) is 17.7 Å². The number of rotatable bonds is 18. The molecule has 16 heteroatoms. The summed E-state index contributed by atoms with van der Waals surface area (Å²) in [6, 6.07) is 31.0. The Morgan fingerprint density at radius 3 is 2.20 bits per heavy atom. The van der Waals surface area contributed by atoms with Crippen LogP contribution in [0.15, 0.2) is 103 Å². The summed E-state index contributed by atoms with van der Waals surface area (Å²) in [5, 5.41) is 34.4. The maximum atomic E-state index is 13.4. The van der Waals surface area contributed by atoms with Crippen LogP contribution in [-0.4, -0.2) is 64.1 Å². The number of nitrogens with one attached hydrogen (secondary N) is 2. The summed E-state index contributed by atoms with van der Waals surface area (Å²) in [7, 11) is 0. The van der Waals surface area contributed by atoms with E-state index in [-0.39, 0.29) is 36.8 Å². The molecule has 1 amide bonds. The normalized spacial score (nSPS) is 11.7. The molecule has 0 aliphatic heterocycles. The fraction of sp³-hybridized carbons (Fsp3) is 0.250. The van der Waals surface area contributed by atoms with Crippen LogP contribution in [0.5, 0.6) is 0 Å². The lowest BCUT2D eigenvalue weighted by molar-refractivity contribution is -0.497. The molecule has 6 aromatic rings. The number of tetrazole rings is 1. The van der Waals surface area contributed by atoms with E-state index in [1.54, 1.807) is 24.3 Å². The Labute approximate surface area is 327 Å². The van der Waals surface area contributed by atoms with Gasteiger partial charge in [0.25, 0.3) is 0 Å². The molecule has 2 aromatic heterocycles. The molecule has 1 atom stereocenters. The molecule has 15 nitrogen and oxygen atoms in total. The number of hydrogen-bond donors (Lipinski definition) is 4. The van der Waals surface area contributed by atoms with Crippen LogP contribution < -0.4 is 5.32 Å². The van der Waals surface area contributed by atoms with Crippen molar-refractivity contribution in [2.75, 3.05) is 0 Å². The number of benzene rings is 4. The number of carbonyl (C=O) groups is 2. The number of esters is 1. The van der Waals surface area contributed by atoms with Gasteiger partial charge in [-0.3, -0.25) is 10.4 Å². The molecule has 0 radical (unpaired) electrons. The van der Waals surface area contributed by atoms with Crippen molar-refractivity contribution >= 4 is 23.7 Å². The van der Waals surface area contributed by atoms with E-state index in [0.717, 1.165) is 46.5 Å². The number of ether oxygens (including phenoxy) is 2. The highest BCUT2D eigenvalue weighted by molar-refractivity contribution is 6.30. The van der Waals surface area contributed by atoms with E-state index in [1.807, 2.05) is 83.4 Å². The average Bonchev–Trinajstić information content (AvgIpc) is 3.86. The Balaban J connectivity index is 1.13. The summed E-state index contributed by atoms with van der Waals surface area (Å²) < 4.78 is 13.3. The number of aryl methyl sites for hydroxylation is 1. The van der Waals surface area contributed by atoms with Crippen LogP contribution >= 0.6 is 11.6 Å². The van der Waals surface area contributed by atoms with Gasteiger partial charge in [0.15, 0.2) is 11.0 Å². The largest absolute Gasteiger partial charge is 0.459 e. The molecule has 4 aromatic carbocycles. The zero-order chi connectivity index (χ0) is 39.3. The van der Waals surface area contributed by atoms with Crippen LogP contribution in [0.2, 0.25) is 5.15 Å². The van der Waals surface area contributed by atoms with E-state index >= 15 is 0 Å². The minimum Gasteiger partial charge on any atom is -0.459 e. The van der Waals surface area contributed by atoms with Gasteiger partial charge in [0.1, 0.15) is 25.1 Å². The number of aromatic nitrogens is 6. The molecule has 290 valence electrons. The van der Waals surface area contributed by atoms with Gasteiger partial charge in [-0.2, -0.15) is 0 Å². The standard InChI is InChI=1S/C40H41ClN8O7/c1-2-3-13-36-43-37(41)35(48(36)23-28-18-20-31(21-19-28)32-11-7-8-12-33(32)38-44-46-47-45-38)26-55-40(51)42-34(22-27-9-5-4-6-10-27)39(50)54-24-29-14-16-30(17-15-29)25-56-49(52)53/h4-12,14-21,34,52-53H,2-3,13,22-26H2,1H3,(H,42,51)(H,44,45,46,47). The second kappa shape index (κ2) is 19.6. The number of hydrogen-bond acceptors (Lipinski definition) is 12. The lowest BCUT2D eigenvalue weighted by atomic mass is 9.98. The molecule has 6 rings (SSSR count). The third-order valence-electron chi connectivity index (χ3n) is 8.94. The zero-order valence-electron chi connectivity index (χ0n) is 30.5. The number of halogens is 1. The van der Waals surface area contributed by atoms with E-state index in [2.05, 4.69) is 42.7 Å². The van der Waals surface area contributed by atoms with Gasteiger partial charge in [0.2, 0.25) is 0 Å². The first-order valence-corrected chi connectivity index (χ1v) is 18.3. The summed E-state index contributed by atoms with van der Waals surface area (Å²) in [4.78, 5) is 35.9. The van der Waals surface area contributed by atoms with Crippen molar-refractivity contribution in [3.63, 3.8) is 0 Å². The minimum absolute atomic E-state index is 0.0596. The minimum atomic E-state index is -1.05. The molecule has 0 bridgehead atoms. The molecule has 0 aliphatic rings. The van der Waals surface area contributed by atoms with Gasteiger partial charge in [-0.25, -0.2) is 24.5 Å². The molecular weight excluding hydrogens is 740 g/mol. The predicted octanol–water partition coefficient (Wildman–Crippen LogP) is 6.87. The first kappa shape index (κ1) is 39.7. The Morgan fingerprint density at radius 1 is 0.839 bits per heavy atom. The van der Waals surface area contributed by atoms with E-state index in [4.69, 9.17) is 31.5 Å². The van der Waals surface area contributed by atoms with E-state index in [0.29, 0.717) is 35.6 Å². The third kappa shape index (κ3) is 10.8. The Hall–Kier alpha value is -5.97. The maximum absolute atomic E-state index is 13.4. The van der Waals surface area contributed by atoms with Crippen molar-refractivity contribution in [2.45, 2.75) is 65.0 Å². The average molecular weight is 781 g/mol. The highest BCUT2D eigenvalue weighted by atomic mass is 35.5. The quantitative estimate of drug-likeness (QED) is 0.0524. The van der Waals surface area contributed by atoms with Crippen LogP contribution in [0.25, 0.3) is 22.5 Å². The SMILES string of the molecule is CCCCc1nc(Cl)c(COC(=O)NC(Cc2ccccc2)C(=O)OCc2ccc(CON(O)O)cc2)n1Cc1ccc(-c2ccccc2-c2nnn[nH]2)cc1. The molecule has 0 spiro atoms. The van der Waals surface area contributed by atoms with Gasteiger partial charge >= 0.3 is 12.1 Å². The highest BCUT2D eigenvalue weighted by Gasteiger charge is 2.25. The van der Waals surface area contributed by atoms with E-state index in [1.165, 1.54) is 0 Å². The lowest BCUT2D eigenvalue weighted by Gasteiger charge is -2.18. The van der Waals surface area contributed by atoms with Crippen molar-refractivity contribution in [3.8, 4) is 22.5 Å². The fourth-order valence-corrected chi connectivity index (χ4v) is 6.28. The van der Waals surface area contributed by atoms with Crippen molar-refractivity contribution < 1.29 is 34.3 Å². The van der Waals surface area contributed by atoms with Crippen molar-refractivity contribution in [3.05, 3.63) is 142 Å². The first-order chi connectivity index (χ1) is 27.3. The second-order valence-corrected chi connectivity index (χ2v) is 13.2. The van der Waals surface area contributed by atoms with E-state index < -0.39 is 18.1 Å². The second-order valence-electron chi connectivity index (χ2n) is 12.9. The Bertz CT molecular complexity index is 2160. The summed E-state index contributed by atoms with van der Waals surface area (Å²) in [5.74, 6) is 0.700. The predicted molar refractivity (Wildman–Crippen MR) is 204 cm³/mol. The summed E-state index contributed by atoms with van der Waals surface area (Å²) in [5.41, 5.74) is 6.51. The number of amides is 1. The molecule has 0 fully saturated rings. The smallest absolute Gasteiger partial charge is 0.408 e. The van der Waals surface area contributed by atoms with Crippen molar-refractivity contribution in [1.82, 2.24) is 40.9 Å². The number of carbonyl (C=O) groups excluding carboxylic acids is 2. The monoisotopic (exact) mass is 780 g/mol. The maximum Gasteiger partial charge on any atom is 0.408 e. The lowest BCUT2D eigenvalue weighted by Crippen LogP contribution is -2.43. The Kier molecular flexibility index (Phi) is 13.9. The fourth-order valence-electron chi connectivity index (χ4n) is 6.02. The number of unbranched alkanes of at least 4 members (excludes halogenated alkanes) is 1. The topological polar surface area (TPSA) is 190 Å². The van der Waals surface area contributed by atoms with Crippen LogP contribution in [0, 0.1) is 0 Å². The van der Waals surface area contributed by atoms with Crippen molar-refractivity contribution in [1.29, 1.82) is 0 Å². The molecule has 56 heavy (non-hydrogen) atoms. The molecular formula is C40H41ClN8O7. The number of imidazole rings is 1. The van der Waals surface area contributed by atoms with Gasteiger partial charge < -0.3 is 19.4 Å². The molecule has 1 unspecified atom stereocenters. The van der Waals surface area contributed by atoms with Crippen LogP contribution in [-0.2, 0) is 58.3 Å². The van der Waals surface area contributed by atoms with Crippen molar-refractivity contribution in [2.24, 2.45) is 0 Å². The van der Waals surface area contributed by atoms with Crippen LogP contribution in [0.3, 0.4) is 0 Å². The molecule has 0 aliphatic carbocycles. The summed E-state index contributed by atoms with van der Waals surface area (Å²) >= 11 is 6.69. The highest BCUT2D eigenvalue weighted by Crippen LogP contribution is 2.30. The van der Waals surface area contributed by atoms with Gasteiger partial charge in [-0.05, 0) is 50.2 Å². The molecule has 0 saturated heterocycles. The molecule has 4 N–H and O–H groups in total. The molecule has 0 saturated carbocycles. The van der Waals surface area contributed by atoms with Gasteiger partial charge in [-0.15, -0.1) is 5.10 Å². The van der Waals surface area contributed by atoms with Crippen LogP contribution in [0.1, 0.15) is 53.5 Å². The summed E-state index contributed by atoms with van der Waals surface area (Å²) in [6.07, 6.45) is 1.89. The number of H-pyrrole nitrogens is 1. The zero-order valence-corrected chi connectivity index (χ0v) is 31.3. The number of nitrogens with zero attached hydrogens (tertiary/aromatic N) is 6. The Morgan fingerprint density at radius 2 is 1.52 bits per heavy atom. The first-order valence-electron chi connectivity index (χ1n) is 18.0. The number of aromatic amines is 1. The van der Waals surface area contributed by atoms with Crippen LogP contribution in [0.4, 0.5) is 4.79 Å². The van der Waals surface area contributed by atoms with E-state index in [9.17, 15) is 9.59 Å². The third-order valence-corrected chi connectivity index (χ3v) is 9.24. The summed E-state index contributed by atoms with van der Waals surface area (Å²) in [6.45, 7) is 2.22. The van der Waals surface area contributed by atoms with Gasteiger partial charge in [0, 0.05) is 24.9 Å².